The van der Waals surface area contributed by atoms with Gasteiger partial charge in [-0.25, -0.2) is 0 Å². The lowest BCUT2D eigenvalue weighted by molar-refractivity contribution is -0.154. The van der Waals surface area contributed by atoms with Gasteiger partial charge in [0, 0.05) is 23.0 Å². The fourth-order valence-corrected chi connectivity index (χ4v) is 2.42. The molecule has 0 saturated carbocycles. The summed E-state index contributed by atoms with van der Waals surface area (Å²) in [5.41, 5.74) is 1.11. The number of nitrogens with one attached hydrogen (secondary N) is 2. The number of aromatic amines is 1. The van der Waals surface area contributed by atoms with E-state index in [1.54, 1.807) is 0 Å². The molecule has 0 amide bonds. The predicted molar refractivity (Wildman–Crippen MR) is 107 cm³/mol. The third kappa shape index (κ3) is 6.56. The van der Waals surface area contributed by atoms with Gasteiger partial charge in [0.1, 0.15) is 25.1 Å². The van der Waals surface area contributed by atoms with E-state index >= 15 is 0 Å². The average Bonchev–Trinajstić information content (AvgIpc) is 2.97. The largest absolute Gasteiger partial charge is 0.490 e. The van der Waals surface area contributed by atoms with Crippen LogP contribution in [0.15, 0.2) is 24.3 Å². The number of β-amino-alcohol motifs (C(OH)–C–C–N with tert-alkyl or cyclic N) is 1. The Bertz CT molecular complexity index is 769. The van der Waals surface area contributed by atoms with Crippen molar-refractivity contribution >= 4 is 16.9 Å². The molecule has 3 N–H and O–H groups in total. The van der Waals surface area contributed by atoms with Crippen LogP contribution >= 0.6 is 0 Å². The molecule has 27 heavy (non-hydrogen) atoms. The zero-order valence-corrected chi connectivity index (χ0v) is 17.2. The molecule has 1 heterocycles. The van der Waals surface area contributed by atoms with Crippen LogP contribution in [-0.2, 0) is 16.1 Å². The van der Waals surface area contributed by atoms with Gasteiger partial charge in [-0.15, -0.1) is 0 Å². The van der Waals surface area contributed by atoms with Crippen molar-refractivity contribution in [1.29, 1.82) is 0 Å². The van der Waals surface area contributed by atoms with Crippen molar-refractivity contribution in [2.24, 2.45) is 5.41 Å². The summed E-state index contributed by atoms with van der Waals surface area (Å²) in [6.07, 6.45) is -0.606. The Morgan fingerprint density at radius 2 is 1.93 bits per heavy atom. The molecule has 1 unspecified atom stereocenters. The van der Waals surface area contributed by atoms with E-state index in [1.165, 1.54) is 0 Å². The topological polar surface area (TPSA) is 83.6 Å². The van der Waals surface area contributed by atoms with E-state index < -0.39 is 11.5 Å². The number of hydrogen-bond acceptors (Lipinski definition) is 5. The van der Waals surface area contributed by atoms with Crippen LogP contribution in [0.4, 0.5) is 0 Å². The van der Waals surface area contributed by atoms with Gasteiger partial charge in [-0.3, -0.25) is 4.79 Å². The van der Waals surface area contributed by atoms with Gasteiger partial charge in [-0.2, -0.15) is 0 Å². The highest BCUT2D eigenvalue weighted by atomic mass is 16.5. The molecule has 0 aliphatic rings. The summed E-state index contributed by atoms with van der Waals surface area (Å²) in [5.74, 6) is 0.444. The molecular formula is C21H32N2O4. The maximum atomic E-state index is 11.9. The highest BCUT2D eigenvalue weighted by Gasteiger charge is 2.23. The van der Waals surface area contributed by atoms with Crippen LogP contribution in [0.5, 0.6) is 5.75 Å². The number of H-pyrrole nitrogens is 1. The standard InChI is InChI=1S/C21H32N2O4/c1-20(2,3)19(25)27-12-14-10-16-17(23-14)8-7-9-18(16)26-13-15(24)11-22-21(4,5)6/h7-10,15,22-24H,11-13H2,1-6H3. The van der Waals surface area contributed by atoms with E-state index in [2.05, 4.69) is 31.1 Å². The lowest BCUT2D eigenvalue weighted by atomic mass is 9.97. The lowest BCUT2D eigenvalue weighted by Gasteiger charge is -2.23. The number of esters is 1. The molecule has 0 aliphatic carbocycles. The minimum absolute atomic E-state index is 0.0545. The van der Waals surface area contributed by atoms with Crippen molar-refractivity contribution in [3.63, 3.8) is 0 Å². The van der Waals surface area contributed by atoms with Gasteiger partial charge in [0.15, 0.2) is 0 Å². The van der Waals surface area contributed by atoms with E-state index in [0.29, 0.717) is 12.3 Å². The number of benzene rings is 1. The Labute approximate surface area is 161 Å². The van der Waals surface area contributed by atoms with Crippen LogP contribution in [0.2, 0.25) is 0 Å². The number of aliphatic hydroxyl groups excluding tert-OH is 1. The molecule has 0 fully saturated rings. The minimum atomic E-state index is -0.606. The normalized spacial score (nSPS) is 13.6. The van der Waals surface area contributed by atoms with Crippen molar-refractivity contribution in [3.05, 3.63) is 30.0 Å². The monoisotopic (exact) mass is 376 g/mol. The summed E-state index contributed by atoms with van der Waals surface area (Å²) < 4.78 is 11.2. The van der Waals surface area contributed by atoms with Gasteiger partial charge >= 0.3 is 5.97 Å². The first kappa shape index (κ1) is 21.3. The SMILES string of the molecule is CC(C)(C)NCC(O)COc1cccc2[nH]c(COC(=O)C(C)(C)C)cc12. The molecule has 150 valence electrons. The number of ether oxygens (including phenoxy) is 2. The van der Waals surface area contributed by atoms with Gasteiger partial charge in [-0.05, 0) is 59.7 Å². The van der Waals surface area contributed by atoms with Gasteiger partial charge in [0.25, 0.3) is 0 Å². The van der Waals surface area contributed by atoms with Crippen LogP contribution < -0.4 is 10.1 Å². The number of carbonyl (C=O) groups excluding carboxylic acids is 1. The van der Waals surface area contributed by atoms with Crippen molar-refractivity contribution in [3.8, 4) is 5.75 Å². The molecule has 1 atom stereocenters. The highest BCUT2D eigenvalue weighted by molar-refractivity contribution is 5.86. The van der Waals surface area contributed by atoms with Crippen LogP contribution in [0, 0.1) is 5.41 Å². The number of hydrogen-bond donors (Lipinski definition) is 3. The highest BCUT2D eigenvalue weighted by Crippen LogP contribution is 2.27. The summed E-state index contributed by atoms with van der Waals surface area (Å²) in [7, 11) is 0. The summed E-state index contributed by atoms with van der Waals surface area (Å²) in [5, 5.41) is 14.3. The fourth-order valence-electron chi connectivity index (χ4n) is 2.42. The number of rotatable bonds is 7. The van der Waals surface area contributed by atoms with Crippen LogP contribution in [0.1, 0.15) is 47.2 Å². The smallest absolute Gasteiger partial charge is 0.311 e. The first-order chi connectivity index (χ1) is 12.5. The van der Waals surface area contributed by atoms with Crippen molar-refractivity contribution in [2.75, 3.05) is 13.2 Å². The molecule has 0 saturated heterocycles. The number of fused-ring (bicyclic) bond motifs is 1. The zero-order valence-electron chi connectivity index (χ0n) is 17.2. The molecule has 0 bridgehead atoms. The van der Waals surface area contributed by atoms with E-state index in [1.807, 2.05) is 45.0 Å². The first-order valence-electron chi connectivity index (χ1n) is 9.29. The Kier molecular flexibility index (Phi) is 6.54. The fraction of sp³-hybridized carbons (Fsp3) is 0.571. The zero-order chi connectivity index (χ0) is 20.2. The van der Waals surface area contributed by atoms with E-state index in [0.717, 1.165) is 16.6 Å². The Morgan fingerprint density at radius 3 is 2.56 bits per heavy atom. The van der Waals surface area contributed by atoms with Gasteiger partial charge in [0.2, 0.25) is 0 Å². The first-order valence-corrected chi connectivity index (χ1v) is 9.29. The molecule has 6 nitrogen and oxygen atoms in total. The molecule has 0 spiro atoms. The van der Waals surface area contributed by atoms with Gasteiger partial charge in [0.05, 0.1) is 11.1 Å². The predicted octanol–water partition coefficient (Wildman–Crippen LogP) is 3.39. The molecule has 0 aliphatic heterocycles. The van der Waals surface area contributed by atoms with E-state index in [4.69, 9.17) is 9.47 Å². The van der Waals surface area contributed by atoms with Crippen molar-refractivity contribution in [1.82, 2.24) is 10.3 Å². The third-order valence-electron chi connectivity index (χ3n) is 3.95. The minimum Gasteiger partial charge on any atom is -0.490 e. The number of aliphatic hydroxyl groups is 1. The van der Waals surface area contributed by atoms with Gasteiger partial charge in [-0.1, -0.05) is 6.07 Å². The molecule has 0 radical (unpaired) electrons. The lowest BCUT2D eigenvalue weighted by Crippen LogP contribution is -2.42. The van der Waals surface area contributed by atoms with E-state index in [-0.39, 0.29) is 24.7 Å². The molecule has 1 aromatic heterocycles. The summed E-state index contributed by atoms with van der Waals surface area (Å²) in [6, 6.07) is 7.61. The molecule has 6 heteroatoms. The van der Waals surface area contributed by atoms with Crippen LogP contribution in [0.25, 0.3) is 10.9 Å². The van der Waals surface area contributed by atoms with Crippen molar-refractivity contribution < 1.29 is 19.4 Å². The van der Waals surface area contributed by atoms with Crippen LogP contribution in [-0.4, -0.2) is 40.9 Å². The number of carbonyl (C=O) groups is 1. The average molecular weight is 376 g/mol. The van der Waals surface area contributed by atoms with Gasteiger partial charge < -0.3 is 24.9 Å². The summed E-state index contributed by atoms with van der Waals surface area (Å²) in [4.78, 5) is 15.2. The second-order valence-electron chi connectivity index (χ2n) is 8.93. The Morgan fingerprint density at radius 1 is 1.22 bits per heavy atom. The molecule has 2 rings (SSSR count). The quantitative estimate of drug-likeness (QED) is 0.645. The maximum absolute atomic E-state index is 11.9. The molecule has 1 aromatic carbocycles. The number of aromatic nitrogens is 1. The maximum Gasteiger partial charge on any atom is 0.311 e. The summed E-state index contributed by atoms with van der Waals surface area (Å²) in [6.45, 7) is 12.5. The van der Waals surface area contributed by atoms with Crippen molar-refractivity contribution in [2.45, 2.75) is 59.8 Å². The van der Waals surface area contributed by atoms with E-state index in [9.17, 15) is 9.90 Å². The molecular weight excluding hydrogens is 344 g/mol. The Hall–Kier alpha value is -2.05. The van der Waals surface area contributed by atoms with Crippen LogP contribution in [0.3, 0.4) is 0 Å². The Balaban J connectivity index is 2.00. The third-order valence-corrected chi connectivity index (χ3v) is 3.95. The second-order valence-corrected chi connectivity index (χ2v) is 8.93. The summed E-state index contributed by atoms with van der Waals surface area (Å²) >= 11 is 0. The second kappa shape index (κ2) is 8.31. The molecule has 2 aromatic rings.